The van der Waals surface area contributed by atoms with Crippen LogP contribution in [0.4, 0.5) is 0 Å². The largest absolute Gasteiger partial charge is 0.465 e. The second-order valence-corrected chi connectivity index (χ2v) is 16.5. The maximum absolute atomic E-state index is 13.5. The minimum atomic E-state index is -1.33. The standard InChI is InChI=1S/C48H84O12/c1-7-55-40(49)46(41(50)56-8-2)34-28-22-16-13-18-24-30-36-47(42(51)57-9-3,43(52)58-10-4)38-32-26-20-15-21-27-33-39-48(44(53)59-11-5,45(54)60-12-6)37-31-25-19-14-17-23-29-35-46/h7-39H2,1-6H3. The first-order valence-electron chi connectivity index (χ1n) is 24.0. The molecule has 0 heterocycles. The maximum atomic E-state index is 13.5. The second kappa shape index (κ2) is 32.5. The molecule has 0 saturated heterocycles. The van der Waals surface area contributed by atoms with Crippen molar-refractivity contribution in [3.05, 3.63) is 0 Å². The van der Waals surface area contributed by atoms with Gasteiger partial charge >= 0.3 is 35.8 Å². The fourth-order valence-corrected chi connectivity index (χ4v) is 8.68. The first-order valence-corrected chi connectivity index (χ1v) is 24.0. The minimum absolute atomic E-state index is 0.182. The Morgan fingerprint density at radius 3 is 0.483 bits per heavy atom. The van der Waals surface area contributed by atoms with E-state index in [-0.39, 0.29) is 39.6 Å². The Labute approximate surface area is 363 Å². The van der Waals surface area contributed by atoms with Crippen LogP contribution in [-0.4, -0.2) is 75.5 Å². The van der Waals surface area contributed by atoms with Crippen LogP contribution >= 0.6 is 0 Å². The average Bonchev–Trinajstić information content (AvgIpc) is 3.22. The third kappa shape index (κ3) is 18.4. The van der Waals surface area contributed by atoms with Crippen LogP contribution in [0.15, 0.2) is 0 Å². The lowest BCUT2D eigenvalue weighted by Crippen LogP contribution is -2.42. The van der Waals surface area contributed by atoms with E-state index >= 15 is 0 Å². The summed E-state index contributed by atoms with van der Waals surface area (Å²) < 4.78 is 32.9. The number of carbonyl (C=O) groups excluding carboxylic acids is 6. The fourth-order valence-electron chi connectivity index (χ4n) is 8.68. The van der Waals surface area contributed by atoms with Crippen LogP contribution in [0.1, 0.15) is 215 Å². The molecule has 12 heteroatoms. The van der Waals surface area contributed by atoms with Gasteiger partial charge in [0.05, 0.1) is 39.6 Å². The van der Waals surface area contributed by atoms with E-state index in [9.17, 15) is 28.8 Å². The van der Waals surface area contributed by atoms with Gasteiger partial charge in [-0.1, -0.05) is 135 Å². The van der Waals surface area contributed by atoms with Gasteiger partial charge in [0.1, 0.15) is 0 Å². The van der Waals surface area contributed by atoms with Crippen LogP contribution in [0.2, 0.25) is 0 Å². The number of esters is 6. The van der Waals surface area contributed by atoms with E-state index in [0.717, 1.165) is 96.3 Å². The minimum Gasteiger partial charge on any atom is -0.465 e. The summed E-state index contributed by atoms with van der Waals surface area (Å²) in [6.45, 7) is 11.6. The first-order chi connectivity index (χ1) is 29.0. The highest BCUT2D eigenvalue weighted by atomic mass is 16.6. The van der Waals surface area contributed by atoms with Crippen molar-refractivity contribution in [2.75, 3.05) is 39.6 Å². The van der Waals surface area contributed by atoms with Crippen molar-refractivity contribution in [1.82, 2.24) is 0 Å². The van der Waals surface area contributed by atoms with E-state index in [2.05, 4.69) is 0 Å². The fraction of sp³-hybridized carbons (Fsp3) is 0.875. The van der Waals surface area contributed by atoms with Crippen molar-refractivity contribution < 1.29 is 57.2 Å². The van der Waals surface area contributed by atoms with E-state index in [1.807, 2.05) is 0 Å². The highest BCUT2D eigenvalue weighted by molar-refractivity contribution is 6.01. The van der Waals surface area contributed by atoms with Crippen molar-refractivity contribution in [3.63, 3.8) is 0 Å². The molecule has 0 aromatic carbocycles. The van der Waals surface area contributed by atoms with Crippen LogP contribution in [-0.2, 0) is 57.2 Å². The zero-order valence-electron chi connectivity index (χ0n) is 38.7. The SMILES string of the molecule is CCOC(=O)C1(C(=O)OCC)CCCCCCCCCC(C(=O)OCC)(C(=O)OCC)CCCCCCCCCC(C(=O)OCC)(C(=O)OCC)CCCCCCCCC1. The zero-order valence-corrected chi connectivity index (χ0v) is 38.7. The van der Waals surface area contributed by atoms with Gasteiger partial charge in [-0.3, -0.25) is 28.8 Å². The Hall–Kier alpha value is -3.18. The molecule has 0 aliphatic heterocycles. The number of hydrogen-bond donors (Lipinski definition) is 0. The summed E-state index contributed by atoms with van der Waals surface area (Å²) >= 11 is 0. The van der Waals surface area contributed by atoms with Crippen molar-refractivity contribution in [2.45, 2.75) is 215 Å². The Balaban J connectivity index is 3.27. The van der Waals surface area contributed by atoms with Crippen molar-refractivity contribution in [3.8, 4) is 0 Å². The number of rotatable bonds is 12. The van der Waals surface area contributed by atoms with Crippen molar-refractivity contribution >= 4 is 35.8 Å². The predicted octanol–water partition coefficient (Wildman–Crippen LogP) is 10.9. The van der Waals surface area contributed by atoms with Gasteiger partial charge in [-0.05, 0) is 80.1 Å². The molecule has 0 atom stereocenters. The molecule has 0 aromatic rings. The lowest BCUT2D eigenvalue weighted by Gasteiger charge is -2.29. The summed E-state index contributed by atoms with van der Waals surface area (Å²) in [5, 5.41) is 0. The molecule has 1 aliphatic carbocycles. The van der Waals surface area contributed by atoms with E-state index in [1.54, 1.807) is 41.5 Å². The lowest BCUT2D eigenvalue weighted by molar-refractivity contribution is -0.175. The summed E-state index contributed by atoms with van der Waals surface area (Å²) in [5.41, 5.74) is -4.00. The van der Waals surface area contributed by atoms with Crippen LogP contribution in [0.25, 0.3) is 0 Å². The summed E-state index contributed by atoms with van der Waals surface area (Å²) in [6, 6.07) is 0. The highest BCUT2D eigenvalue weighted by Crippen LogP contribution is 2.39. The summed E-state index contributed by atoms with van der Waals surface area (Å²) in [7, 11) is 0. The smallest absolute Gasteiger partial charge is 0.323 e. The molecule has 60 heavy (non-hydrogen) atoms. The highest BCUT2D eigenvalue weighted by Gasteiger charge is 2.50. The molecule has 0 aromatic heterocycles. The third-order valence-corrected chi connectivity index (χ3v) is 12.1. The van der Waals surface area contributed by atoms with E-state index < -0.39 is 52.1 Å². The second-order valence-electron chi connectivity index (χ2n) is 16.5. The zero-order chi connectivity index (χ0) is 44.5. The van der Waals surface area contributed by atoms with Gasteiger partial charge in [0.25, 0.3) is 0 Å². The molecule has 0 radical (unpaired) electrons. The van der Waals surface area contributed by atoms with E-state index in [4.69, 9.17) is 28.4 Å². The van der Waals surface area contributed by atoms with Gasteiger partial charge in [0.15, 0.2) is 16.2 Å². The van der Waals surface area contributed by atoms with Gasteiger partial charge in [-0.15, -0.1) is 0 Å². The Kier molecular flexibility index (Phi) is 29.7. The van der Waals surface area contributed by atoms with Crippen molar-refractivity contribution in [2.24, 2.45) is 16.2 Å². The van der Waals surface area contributed by atoms with E-state index in [1.165, 1.54) is 0 Å². The number of carbonyl (C=O) groups is 6. The number of hydrogen-bond acceptors (Lipinski definition) is 12. The molecule has 0 N–H and O–H groups in total. The molecule has 0 amide bonds. The normalized spacial score (nSPS) is 19.9. The quantitative estimate of drug-likeness (QED) is 0.104. The lowest BCUT2D eigenvalue weighted by atomic mass is 9.77. The van der Waals surface area contributed by atoms with Crippen LogP contribution in [0.5, 0.6) is 0 Å². The van der Waals surface area contributed by atoms with Crippen molar-refractivity contribution in [1.29, 1.82) is 0 Å². The van der Waals surface area contributed by atoms with E-state index in [0.29, 0.717) is 77.0 Å². The summed E-state index contributed by atoms with van der Waals surface area (Å²) in [5.74, 6) is -3.04. The molecule has 1 saturated carbocycles. The first kappa shape index (κ1) is 54.8. The molecule has 1 aliphatic rings. The van der Waals surface area contributed by atoms with Crippen LogP contribution in [0.3, 0.4) is 0 Å². The molecule has 12 nitrogen and oxygen atoms in total. The van der Waals surface area contributed by atoms with Gasteiger partial charge in [-0.25, -0.2) is 0 Å². The Bertz CT molecular complexity index is 992. The maximum Gasteiger partial charge on any atom is 0.323 e. The monoisotopic (exact) mass is 853 g/mol. The molecule has 0 spiro atoms. The number of ether oxygens (including phenoxy) is 6. The molecule has 0 bridgehead atoms. The molecular formula is C48H84O12. The van der Waals surface area contributed by atoms with Gasteiger partial charge < -0.3 is 28.4 Å². The molecule has 1 rings (SSSR count). The molecule has 1 fully saturated rings. The van der Waals surface area contributed by atoms with Gasteiger partial charge in [0.2, 0.25) is 0 Å². The summed E-state index contributed by atoms with van der Waals surface area (Å²) in [4.78, 5) is 80.8. The van der Waals surface area contributed by atoms with Crippen LogP contribution in [0, 0.1) is 16.2 Å². The topological polar surface area (TPSA) is 158 Å². The molecule has 348 valence electrons. The Morgan fingerprint density at radius 1 is 0.250 bits per heavy atom. The Morgan fingerprint density at radius 2 is 0.367 bits per heavy atom. The predicted molar refractivity (Wildman–Crippen MR) is 232 cm³/mol. The average molecular weight is 853 g/mol. The van der Waals surface area contributed by atoms with Gasteiger partial charge in [-0.2, -0.15) is 0 Å². The summed E-state index contributed by atoms with van der Waals surface area (Å²) in [6.07, 6.45) is 19.9. The molecular weight excluding hydrogens is 769 g/mol. The molecule has 0 unspecified atom stereocenters. The van der Waals surface area contributed by atoms with Crippen LogP contribution < -0.4 is 0 Å². The van der Waals surface area contributed by atoms with Gasteiger partial charge in [0, 0.05) is 0 Å². The third-order valence-electron chi connectivity index (χ3n) is 12.1.